The first-order valence-corrected chi connectivity index (χ1v) is 5.84. The Bertz CT molecular complexity index is 608. The number of ether oxygens (including phenoxy) is 2. The van der Waals surface area contributed by atoms with Gasteiger partial charge >= 0.3 is 0 Å². The Morgan fingerprint density at radius 2 is 2.26 bits per heavy atom. The summed E-state index contributed by atoms with van der Waals surface area (Å²) in [5, 5.41) is 3.63. The third-order valence-corrected chi connectivity index (χ3v) is 2.88. The van der Waals surface area contributed by atoms with E-state index in [1.807, 2.05) is 24.3 Å². The first-order chi connectivity index (χ1) is 9.29. The Kier molecular flexibility index (Phi) is 2.83. The highest BCUT2D eigenvalue weighted by atomic mass is 16.5. The number of benzene rings is 1. The van der Waals surface area contributed by atoms with Gasteiger partial charge in [-0.1, -0.05) is 12.1 Å². The molecule has 0 spiro atoms. The monoisotopic (exact) mass is 260 g/mol. The van der Waals surface area contributed by atoms with Gasteiger partial charge in [-0.25, -0.2) is 0 Å². The normalized spacial score (nSPS) is 13.6. The highest BCUT2D eigenvalue weighted by molar-refractivity contribution is 6.05. The fourth-order valence-corrected chi connectivity index (χ4v) is 1.97. The Labute approximate surface area is 109 Å². The Hall–Kier alpha value is -2.50. The van der Waals surface area contributed by atoms with E-state index in [4.69, 9.17) is 14.0 Å². The smallest absolute Gasteiger partial charge is 0.297 e. The molecule has 0 fully saturated rings. The lowest BCUT2D eigenvalue weighted by molar-refractivity contribution is 0.0940. The lowest BCUT2D eigenvalue weighted by Gasteiger charge is -2.28. The molecular formula is C13H12N2O4. The second kappa shape index (κ2) is 4.64. The van der Waals surface area contributed by atoms with Crippen molar-refractivity contribution in [2.75, 3.05) is 25.2 Å². The zero-order valence-electron chi connectivity index (χ0n) is 10.3. The van der Waals surface area contributed by atoms with Gasteiger partial charge < -0.3 is 14.0 Å². The van der Waals surface area contributed by atoms with Crippen LogP contribution in [0.15, 0.2) is 34.9 Å². The van der Waals surface area contributed by atoms with E-state index in [-0.39, 0.29) is 17.5 Å². The number of amides is 1. The van der Waals surface area contributed by atoms with Gasteiger partial charge in [0.15, 0.2) is 0 Å². The van der Waals surface area contributed by atoms with Gasteiger partial charge in [0.1, 0.15) is 12.4 Å². The number of para-hydroxylation sites is 2. The van der Waals surface area contributed by atoms with Crippen molar-refractivity contribution in [2.24, 2.45) is 0 Å². The molecule has 0 aliphatic carbocycles. The van der Waals surface area contributed by atoms with Crippen LogP contribution in [-0.2, 0) is 0 Å². The zero-order valence-corrected chi connectivity index (χ0v) is 10.3. The Morgan fingerprint density at radius 3 is 3.05 bits per heavy atom. The third-order valence-electron chi connectivity index (χ3n) is 2.88. The summed E-state index contributed by atoms with van der Waals surface area (Å²) in [5.41, 5.74) is 0.731. The van der Waals surface area contributed by atoms with Crippen LogP contribution in [0.3, 0.4) is 0 Å². The van der Waals surface area contributed by atoms with E-state index in [0.29, 0.717) is 18.9 Å². The lowest BCUT2D eigenvalue weighted by Crippen LogP contribution is -2.37. The molecule has 19 heavy (non-hydrogen) atoms. The van der Waals surface area contributed by atoms with Gasteiger partial charge in [0, 0.05) is 0 Å². The molecule has 0 radical (unpaired) electrons. The minimum atomic E-state index is -0.258. The number of hydrogen-bond donors (Lipinski definition) is 0. The summed E-state index contributed by atoms with van der Waals surface area (Å²) in [6.07, 6.45) is 0. The van der Waals surface area contributed by atoms with Crippen LogP contribution < -0.4 is 14.4 Å². The zero-order chi connectivity index (χ0) is 13.2. The van der Waals surface area contributed by atoms with E-state index in [0.717, 1.165) is 5.69 Å². The highest BCUT2D eigenvalue weighted by Gasteiger charge is 2.27. The largest absolute Gasteiger partial charge is 0.490 e. The molecule has 1 aliphatic heterocycles. The van der Waals surface area contributed by atoms with Crippen LogP contribution in [-0.4, -0.2) is 31.3 Å². The predicted octanol–water partition coefficient (Wildman–Crippen LogP) is 1.72. The molecule has 2 aromatic rings. The average molecular weight is 260 g/mol. The molecule has 1 amide bonds. The maximum atomic E-state index is 12.4. The van der Waals surface area contributed by atoms with Crippen molar-refractivity contribution in [1.82, 2.24) is 5.16 Å². The molecule has 0 bridgehead atoms. The Morgan fingerprint density at radius 1 is 1.42 bits per heavy atom. The van der Waals surface area contributed by atoms with Crippen molar-refractivity contribution in [3.05, 3.63) is 36.1 Å². The summed E-state index contributed by atoms with van der Waals surface area (Å²) in [4.78, 5) is 14.0. The summed E-state index contributed by atoms with van der Waals surface area (Å²) < 4.78 is 15.4. The van der Waals surface area contributed by atoms with Crippen molar-refractivity contribution in [1.29, 1.82) is 0 Å². The second-order valence-electron chi connectivity index (χ2n) is 4.01. The summed E-state index contributed by atoms with van der Waals surface area (Å²) in [6.45, 7) is 0.923. The highest BCUT2D eigenvalue weighted by Crippen LogP contribution is 2.32. The van der Waals surface area contributed by atoms with Crippen LogP contribution in [0.2, 0.25) is 0 Å². The lowest BCUT2D eigenvalue weighted by atomic mass is 10.2. The first kappa shape index (κ1) is 11.6. The molecule has 1 aromatic heterocycles. The van der Waals surface area contributed by atoms with Crippen LogP contribution in [0.5, 0.6) is 11.6 Å². The molecule has 1 aliphatic rings. The maximum Gasteiger partial charge on any atom is 0.297 e. The molecule has 0 saturated carbocycles. The average Bonchev–Trinajstić information content (AvgIpc) is 2.95. The number of fused-ring (bicyclic) bond motifs is 1. The van der Waals surface area contributed by atoms with E-state index in [1.54, 1.807) is 4.90 Å². The fourth-order valence-electron chi connectivity index (χ4n) is 1.97. The molecule has 3 rings (SSSR count). The van der Waals surface area contributed by atoms with Gasteiger partial charge in [0.25, 0.3) is 11.8 Å². The van der Waals surface area contributed by atoms with Crippen molar-refractivity contribution < 1.29 is 18.8 Å². The molecule has 6 heteroatoms. The molecule has 0 N–H and O–H groups in total. The molecule has 6 nitrogen and oxygen atoms in total. The van der Waals surface area contributed by atoms with Crippen molar-refractivity contribution in [2.45, 2.75) is 0 Å². The van der Waals surface area contributed by atoms with E-state index in [2.05, 4.69) is 5.16 Å². The quantitative estimate of drug-likeness (QED) is 0.822. The van der Waals surface area contributed by atoms with Crippen molar-refractivity contribution in [3.8, 4) is 11.6 Å². The molecule has 1 aromatic carbocycles. The summed E-state index contributed by atoms with van der Waals surface area (Å²) in [7, 11) is 1.47. The topological polar surface area (TPSA) is 64.8 Å². The minimum absolute atomic E-state index is 0.147. The number of methoxy groups -OCH3 is 1. The number of nitrogens with zero attached hydrogens (tertiary/aromatic N) is 2. The van der Waals surface area contributed by atoms with Gasteiger partial charge in [-0.2, -0.15) is 0 Å². The van der Waals surface area contributed by atoms with Crippen LogP contribution in [0.25, 0.3) is 0 Å². The maximum absolute atomic E-state index is 12.4. The van der Waals surface area contributed by atoms with Crippen molar-refractivity contribution in [3.63, 3.8) is 0 Å². The van der Waals surface area contributed by atoms with Crippen LogP contribution in [0, 0.1) is 0 Å². The predicted molar refractivity (Wildman–Crippen MR) is 66.7 cm³/mol. The van der Waals surface area contributed by atoms with E-state index >= 15 is 0 Å². The molecular weight excluding hydrogens is 248 g/mol. The number of rotatable bonds is 2. The number of aromatic nitrogens is 1. The second-order valence-corrected chi connectivity index (χ2v) is 4.01. The van der Waals surface area contributed by atoms with Gasteiger partial charge in [0.2, 0.25) is 5.76 Å². The molecule has 0 unspecified atom stereocenters. The number of carbonyl (C=O) groups is 1. The standard InChI is InChI=1S/C13H12N2O4/c1-17-12-8-11(19-14-12)13(16)15-6-7-18-10-5-3-2-4-9(10)15/h2-5,8H,6-7H2,1H3. The first-order valence-electron chi connectivity index (χ1n) is 5.84. The molecule has 2 heterocycles. The number of hydrogen-bond acceptors (Lipinski definition) is 5. The van der Waals surface area contributed by atoms with Gasteiger partial charge in [-0.05, 0) is 17.3 Å². The van der Waals surface area contributed by atoms with Crippen LogP contribution >= 0.6 is 0 Å². The van der Waals surface area contributed by atoms with Gasteiger partial charge in [-0.3, -0.25) is 9.69 Å². The molecule has 98 valence electrons. The fraction of sp³-hybridized carbons (Fsp3) is 0.231. The molecule has 0 saturated heterocycles. The SMILES string of the molecule is COc1cc(C(=O)N2CCOc3ccccc32)on1. The number of carbonyl (C=O) groups excluding carboxylic acids is 1. The molecule has 0 atom stereocenters. The van der Waals surface area contributed by atoms with E-state index < -0.39 is 0 Å². The summed E-state index contributed by atoms with van der Waals surface area (Å²) in [6, 6.07) is 8.86. The van der Waals surface area contributed by atoms with E-state index in [9.17, 15) is 4.79 Å². The summed E-state index contributed by atoms with van der Waals surface area (Å²) >= 11 is 0. The van der Waals surface area contributed by atoms with Gasteiger partial charge in [0.05, 0.1) is 25.4 Å². The minimum Gasteiger partial charge on any atom is -0.490 e. The number of anilines is 1. The van der Waals surface area contributed by atoms with Gasteiger partial charge in [-0.15, -0.1) is 0 Å². The van der Waals surface area contributed by atoms with Crippen molar-refractivity contribution >= 4 is 11.6 Å². The van der Waals surface area contributed by atoms with E-state index in [1.165, 1.54) is 13.2 Å². The Balaban J connectivity index is 1.93. The summed E-state index contributed by atoms with van der Waals surface area (Å²) in [5.74, 6) is 0.860. The third kappa shape index (κ3) is 2.01. The van der Waals surface area contributed by atoms with Crippen LogP contribution in [0.1, 0.15) is 10.6 Å². The van der Waals surface area contributed by atoms with Crippen LogP contribution in [0.4, 0.5) is 5.69 Å².